The Bertz CT molecular complexity index is 299. The van der Waals surface area contributed by atoms with Gasteiger partial charge in [0.05, 0.1) is 0 Å². The summed E-state index contributed by atoms with van der Waals surface area (Å²) in [7, 11) is 0. The molecule has 0 aromatic heterocycles. The average molecular weight is 293 g/mol. The van der Waals surface area contributed by atoms with E-state index in [1.54, 1.807) is 6.07 Å². The lowest BCUT2D eigenvalue weighted by Gasteiger charge is -2.17. The molecule has 1 aromatic rings. The summed E-state index contributed by atoms with van der Waals surface area (Å²) in [5.41, 5.74) is 6.99. The van der Waals surface area contributed by atoms with Crippen LogP contribution in [0.15, 0.2) is 18.2 Å². The van der Waals surface area contributed by atoms with Crippen molar-refractivity contribution in [3.8, 4) is 0 Å². The second-order valence-electron chi connectivity index (χ2n) is 3.44. The number of hydrogen-bond acceptors (Lipinski definition) is 1. The van der Waals surface area contributed by atoms with Crippen LogP contribution in [0, 0.1) is 15.3 Å². The van der Waals surface area contributed by atoms with Crippen LogP contribution < -0.4 is 5.73 Å². The van der Waals surface area contributed by atoms with E-state index in [0.29, 0.717) is 5.92 Å². The van der Waals surface area contributed by atoms with Crippen molar-refractivity contribution in [2.75, 3.05) is 0 Å². The van der Waals surface area contributed by atoms with E-state index in [9.17, 15) is 4.39 Å². The zero-order valence-electron chi connectivity index (χ0n) is 7.72. The summed E-state index contributed by atoms with van der Waals surface area (Å²) in [6.45, 7) is 4.12. The third-order valence-corrected chi connectivity index (χ3v) is 2.97. The summed E-state index contributed by atoms with van der Waals surface area (Å²) in [4.78, 5) is 0. The first kappa shape index (κ1) is 10.9. The van der Waals surface area contributed by atoms with E-state index >= 15 is 0 Å². The number of nitrogens with two attached hydrogens (primary N) is 1. The fourth-order valence-electron chi connectivity index (χ4n) is 1.13. The Morgan fingerprint density at radius 3 is 2.46 bits per heavy atom. The first-order valence-electron chi connectivity index (χ1n) is 4.23. The number of hydrogen-bond donors (Lipinski definition) is 1. The van der Waals surface area contributed by atoms with Crippen molar-refractivity contribution < 1.29 is 4.39 Å². The Hall–Kier alpha value is -0.160. The summed E-state index contributed by atoms with van der Waals surface area (Å²) >= 11 is 2.11. The molecule has 0 saturated heterocycles. The quantitative estimate of drug-likeness (QED) is 0.833. The minimum absolute atomic E-state index is 0.00694. The van der Waals surface area contributed by atoms with E-state index in [1.165, 1.54) is 12.1 Å². The summed E-state index contributed by atoms with van der Waals surface area (Å²) < 4.78 is 13.7. The minimum Gasteiger partial charge on any atom is -0.324 e. The predicted octanol–water partition coefficient (Wildman–Crippen LogP) is 3.09. The monoisotopic (exact) mass is 293 g/mol. The van der Waals surface area contributed by atoms with Crippen molar-refractivity contribution in [2.24, 2.45) is 11.7 Å². The standard InChI is InChI=1S/C10H13FIN/c1-6(2)10(13)8-4-3-7(11)5-9(8)12/h3-6,10H,13H2,1-2H3. The Kier molecular flexibility index (Phi) is 3.67. The first-order chi connectivity index (χ1) is 6.02. The van der Waals surface area contributed by atoms with Gasteiger partial charge in [-0.15, -0.1) is 0 Å². The van der Waals surface area contributed by atoms with Gasteiger partial charge in [-0.1, -0.05) is 19.9 Å². The van der Waals surface area contributed by atoms with Gasteiger partial charge in [-0.2, -0.15) is 0 Å². The zero-order valence-corrected chi connectivity index (χ0v) is 9.88. The van der Waals surface area contributed by atoms with Crippen LogP contribution in [0.3, 0.4) is 0 Å². The lowest BCUT2D eigenvalue weighted by molar-refractivity contribution is 0.511. The van der Waals surface area contributed by atoms with E-state index < -0.39 is 0 Å². The number of rotatable bonds is 2. The molecule has 2 N–H and O–H groups in total. The van der Waals surface area contributed by atoms with E-state index in [2.05, 4.69) is 36.4 Å². The van der Waals surface area contributed by atoms with Crippen LogP contribution in [0.5, 0.6) is 0 Å². The Morgan fingerprint density at radius 1 is 1.38 bits per heavy atom. The highest BCUT2D eigenvalue weighted by Crippen LogP contribution is 2.24. The molecule has 1 rings (SSSR count). The molecular weight excluding hydrogens is 280 g/mol. The summed E-state index contributed by atoms with van der Waals surface area (Å²) in [6, 6.07) is 4.73. The molecule has 0 fully saturated rings. The van der Waals surface area contributed by atoms with Crippen LogP contribution in [0.2, 0.25) is 0 Å². The highest BCUT2D eigenvalue weighted by molar-refractivity contribution is 14.1. The van der Waals surface area contributed by atoms with Crippen molar-refractivity contribution in [2.45, 2.75) is 19.9 Å². The predicted molar refractivity (Wildman–Crippen MR) is 60.9 cm³/mol. The molecule has 1 unspecified atom stereocenters. The SMILES string of the molecule is CC(C)C(N)c1ccc(F)cc1I. The summed E-state index contributed by atoms with van der Waals surface area (Å²) in [6.07, 6.45) is 0. The topological polar surface area (TPSA) is 26.0 Å². The van der Waals surface area contributed by atoms with E-state index in [-0.39, 0.29) is 11.9 Å². The highest BCUT2D eigenvalue weighted by atomic mass is 127. The molecule has 0 aliphatic heterocycles. The van der Waals surface area contributed by atoms with Crippen molar-refractivity contribution in [3.63, 3.8) is 0 Å². The van der Waals surface area contributed by atoms with Gasteiger partial charge in [0.2, 0.25) is 0 Å². The van der Waals surface area contributed by atoms with Gasteiger partial charge in [-0.25, -0.2) is 4.39 Å². The van der Waals surface area contributed by atoms with Crippen LogP contribution >= 0.6 is 22.6 Å². The van der Waals surface area contributed by atoms with Crippen LogP contribution in [0.25, 0.3) is 0 Å². The zero-order chi connectivity index (χ0) is 10.0. The van der Waals surface area contributed by atoms with Crippen LogP contribution in [0.1, 0.15) is 25.5 Å². The van der Waals surface area contributed by atoms with Crippen LogP contribution in [0.4, 0.5) is 4.39 Å². The van der Waals surface area contributed by atoms with Crippen molar-refractivity contribution >= 4 is 22.6 Å². The van der Waals surface area contributed by atoms with Crippen LogP contribution in [-0.4, -0.2) is 0 Å². The number of halogens is 2. The van der Waals surface area contributed by atoms with Gasteiger partial charge in [-0.05, 0) is 46.2 Å². The average Bonchev–Trinajstić information content (AvgIpc) is 2.03. The van der Waals surface area contributed by atoms with E-state index in [1.807, 2.05) is 0 Å². The Morgan fingerprint density at radius 2 is 2.00 bits per heavy atom. The second kappa shape index (κ2) is 4.37. The molecule has 0 aliphatic carbocycles. The highest BCUT2D eigenvalue weighted by Gasteiger charge is 2.13. The lowest BCUT2D eigenvalue weighted by atomic mass is 9.97. The molecule has 3 heteroatoms. The summed E-state index contributed by atoms with van der Waals surface area (Å²) in [5, 5.41) is 0. The number of benzene rings is 1. The van der Waals surface area contributed by atoms with Crippen molar-refractivity contribution in [3.05, 3.63) is 33.1 Å². The molecule has 0 aliphatic rings. The van der Waals surface area contributed by atoms with Gasteiger partial charge < -0.3 is 5.73 Å². The fourth-order valence-corrected chi connectivity index (χ4v) is 1.97. The van der Waals surface area contributed by atoms with Gasteiger partial charge in [0.25, 0.3) is 0 Å². The minimum atomic E-state index is -0.205. The largest absolute Gasteiger partial charge is 0.324 e. The van der Waals surface area contributed by atoms with Gasteiger partial charge >= 0.3 is 0 Å². The van der Waals surface area contributed by atoms with Gasteiger partial charge in [0.15, 0.2) is 0 Å². The molecule has 1 aromatic carbocycles. The molecule has 0 bridgehead atoms. The molecule has 0 amide bonds. The van der Waals surface area contributed by atoms with E-state index in [4.69, 9.17) is 5.73 Å². The fraction of sp³-hybridized carbons (Fsp3) is 0.400. The maximum Gasteiger partial charge on any atom is 0.124 e. The molecule has 1 atom stereocenters. The van der Waals surface area contributed by atoms with Gasteiger partial charge in [-0.3, -0.25) is 0 Å². The van der Waals surface area contributed by atoms with Crippen LogP contribution in [-0.2, 0) is 0 Å². The Labute approximate surface area is 91.7 Å². The molecule has 0 saturated carbocycles. The molecule has 0 radical (unpaired) electrons. The summed E-state index contributed by atoms with van der Waals surface area (Å²) in [5.74, 6) is 0.170. The smallest absolute Gasteiger partial charge is 0.124 e. The second-order valence-corrected chi connectivity index (χ2v) is 4.60. The normalized spacial score (nSPS) is 13.4. The first-order valence-corrected chi connectivity index (χ1v) is 5.30. The molecular formula is C10H13FIN. The van der Waals surface area contributed by atoms with Crippen molar-refractivity contribution in [1.29, 1.82) is 0 Å². The molecule has 0 heterocycles. The molecule has 72 valence electrons. The third-order valence-electron chi connectivity index (χ3n) is 2.04. The molecule has 13 heavy (non-hydrogen) atoms. The van der Waals surface area contributed by atoms with Crippen molar-refractivity contribution in [1.82, 2.24) is 0 Å². The Balaban J connectivity index is 3.01. The molecule has 1 nitrogen and oxygen atoms in total. The molecule has 0 spiro atoms. The maximum absolute atomic E-state index is 12.8. The van der Waals surface area contributed by atoms with Gasteiger partial charge in [0.1, 0.15) is 5.82 Å². The maximum atomic E-state index is 12.8. The van der Waals surface area contributed by atoms with E-state index in [0.717, 1.165) is 9.13 Å². The lowest BCUT2D eigenvalue weighted by Crippen LogP contribution is -2.17. The third kappa shape index (κ3) is 2.64. The van der Waals surface area contributed by atoms with Gasteiger partial charge in [0, 0.05) is 9.61 Å².